The fourth-order valence-corrected chi connectivity index (χ4v) is 6.72. The largest absolute Gasteiger partial charge is 0.480 e. The molecule has 220 valence electrons. The van der Waals surface area contributed by atoms with Gasteiger partial charge in [0.25, 0.3) is 0 Å². The number of aliphatic carboxylic acids is 1. The molecule has 0 radical (unpaired) electrons. The molecule has 1 saturated carbocycles. The van der Waals surface area contributed by atoms with Crippen molar-refractivity contribution in [2.24, 2.45) is 0 Å². The Morgan fingerprint density at radius 2 is 1.80 bits per heavy atom. The Hall–Kier alpha value is -2.10. The minimum atomic E-state index is -2.77. The van der Waals surface area contributed by atoms with Gasteiger partial charge < -0.3 is 14.6 Å². The van der Waals surface area contributed by atoms with Gasteiger partial charge in [-0.3, -0.25) is 14.6 Å². The summed E-state index contributed by atoms with van der Waals surface area (Å²) in [5, 5.41) is 11.2. The van der Waals surface area contributed by atoms with Crippen molar-refractivity contribution in [1.82, 2.24) is 9.80 Å². The molecule has 0 bridgehead atoms. The number of carbonyl (C=O) groups is 1. The lowest BCUT2D eigenvalue weighted by atomic mass is 9.77. The van der Waals surface area contributed by atoms with E-state index in [2.05, 4.69) is 11.8 Å². The zero-order valence-electron chi connectivity index (χ0n) is 23.6. The molecule has 1 N–H and O–H groups in total. The highest BCUT2D eigenvalue weighted by molar-refractivity contribution is 6.30. The third kappa shape index (κ3) is 7.59. The van der Waals surface area contributed by atoms with Gasteiger partial charge in [0.1, 0.15) is 6.04 Å². The molecule has 2 atom stereocenters. The molecular formula is C31H41ClF2N2O4. The Labute approximate surface area is 241 Å². The van der Waals surface area contributed by atoms with Crippen LogP contribution in [0, 0.1) is 13.8 Å². The zero-order chi connectivity index (χ0) is 28.8. The first-order valence-electron chi connectivity index (χ1n) is 14.2. The van der Waals surface area contributed by atoms with Crippen LogP contribution >= 0.6 is 11.6 Å². The lowest BCUT2D eigenvalue weighted by molar-refractivity contribution is -0.170. The Bertz CT molecular complexity index is 1140. The summed E-state index contributed by atoms with van der Waals surface area (Å²) >= 11 is 6.40. The molecular weight excluding hydrogens is 538 g/mol. The number of alkyl halides is 2. The molecule has 6 nitrogen and oxygen atoms in total. The maximum absolute atomic E-state index is 12.8. The van der Waals surface area contributed by atoms with E-state index < -0.39 is 24.7 Å². The average molecular weight is 579 g/mol. The lowest BCUT2D eigenvalue weighted by Crippen LogP contribution is -2.41. The number of halogens is 3. The third-order valence-electron chi connectivity index (χ3n) is 8.55. The number of benzene rings is 2. The summed E-state index contributed by atoms with van der Waals surface area (Å²) in [4.78, 5) is 17.1. The number of ether oxygens (including phenoxy) is 2. The maximum atomic E-state index is 12.8. The minimum absolute atomic E-state index is 0.0848. The number of aryl methyl sites for hydroxylation is 2. The van der Waals surface area contributed by atoms with Crippen molar-refractivity contribution in [2.45, 2.75) is 76.7 Å². The summed E-state index contributed by atoms with van der Waals surface area (Å²) in [6.07, 6.45) is 2.75. The SMILES string of the molecule is Cc1ccc(Cl)cc1[C@H](CCN(C)C(C(=O)O)c1cccc(C)c1C1CCC(OC(F)F)CC1)N1CCOCC1. The van der Waals surface area contributed by atoms with E-state index in [-0.39, 0.29) is 12.0 Å². The number of carboxylic acids is 1. The van der Waals surface area contributed by atoms with E-state index in [4.69, 9.17) is 21.1 Å². The van der Waals surface area contributed by atoms with Crippen LogP contribution in [-0.2, 0) is 14.3 Å². The fourth-order valence-electron chi connectivity index (χ4n) is 6.54. The Kier molecular flexibility index (Phi) is 10.9. The highest BCUT2D eigenvalue weighted by atomic mass is 35.5. The smallest absolute Gasteiger partial charge is 0.345 e. The van der Waals surface area contributed by atoms with Crippen LogP contribution in [0.25, 0.3) is 0 Å². The second-order valence-electron chi connectivity index (χ2n) is 11.1. The molecule has 1 heterocycles. The summed E-state index contributed by atoms with van der Waals surface area (Å²) in [5.74, 6) is -0.787. The number of nitrogens with zero attached hydrogens (tertiary/aromatic N) is 2. The van der Waals surface area contributed by atoms with Crippen LogP contribution in [-0.4, -0.2) is 73.5 Å². The number of hydrogen-bond acceptors (Lipinski definition) is 5. The van der Waals surface area contributed by atoms with Crippen molar-refractivity contribution in [2.75, 3.05) is 39.9 Å². The van der Waals surface area contributed by atoms with Crippen LogP contribution in [0.5, 0.6) is 0 Å². The van der Waals surface area contributed by atoms with Gasteiger partial charge in [-0.2, -0.15) is 8.78 Å². The topological polar surface area (TPSA) is 62.2 Å². The van der Waals surface area contributed by atoms with Crippen molar-refractivity contribution in [3.63, 3.8) is 0 Å². The average Bonchev–Trinajstić information content (AvgIpc) is 2.91. The first-order chi connectivity index (χ1) is 19.2. The summed E-state index contributed by atoms with van der Waals surface area (Å²) < 4.78 is 35.8. The van der Waals surface area contributed by atoms with Crippen molar-refractivity contribution in [3.05, 3.63) is 69.2 Å². The Morgan fingerprint density at radius 3 is 2.45 bits per heavy atom. The maximum Gasteiger partial charge on any atom is 0.345 e. The third-order valence-corrected chi connectivity index (χ3v) is 8.78. The van der Waals surface area contributed by atoms with Gasteiger partial charge in [0.15, 0.2) is 0 Å². The van der Waals surface area contributed by atoms with E-state index in [0.717, 1.165) is 47.3 Å². The predicted octanol–water partition coefficient (Wildman–Crippen LogP) is 6.74. The first-order valence-corrected chi connectivity index (χ1v) is 14.6. The molecule has 0 amide bonds. The van der Waals surface area contributed by atoms with Gasteiger partial charge in [0.05, 0.1) is 19.3 Å². The van der Waals surface area contributed by atoms with Crippen molar-refractivity contribution in [1.29, 1.82) is 0 Å². The molecule has 1 aliphatic carbocycles. The van der Waals surface area contributed by atoms with E-state index in [1.54, 1.807) is 0 Å². The molecule has 40 heavy (non-hydrogen) atoms. The molecule has 2 aliphatic rings. The molecule has 4 rings (SSSR count). The van der Waals surface area contributed by atoms with E-state index in [1.807, 2.05) is 55.3 Å². The monoisotopic (exact) mass is 578 g/mol. The second-order valence-corrected chi connectivity index (χ2v) is 11.6. The van der Waals surface area contributed by atoms with Gasteiger partial charge in [0, 0.05) is 30.7 Å². The first kappa shape index (κ1) is 30.8. The van der Waals surface area contributed by atoms with Gasteiger partial charge in [0.2, 0.25) is 0 Å². The van der Waals surface area contributed by atoms with Crippen LogP contribution in [0.1, 0.15) is 77.9 Å². The van der Waals surface area contributed by atoms with E-state index in [1.165, 1.54) is 0 Å². The Morgan fingerprint density at radius 1 is 1.10 bits per heavy atom. The molecule has 1 aliphatic heterocycles. The molecule has 2 aromatic carbocycles. The van der Waals surface area contributed by atoms with Crippen molar-refractivity contribution >= 4 is 17.6 Å². The van der Waals surface area contributed by atoms with Crippen molar-refractivity contribution in [3.8, 4) is 0 Å². The molecule has 0 spiro atoms. The molecule has 2 aromatic rings. The van der Waals surface area contributed by atoms with Gasteiger partial charge in [-0.15, -0.1) is 0 Å². The summed E-state index contributed by atoms with van der Waals surface area (Å²) in [7, 11) is 1.87. The lowest BCUT2D eigenvalue weighted by Gasteiger charge is -2.37. The Balaban J connectivity index is 1.56. The normalized spacial score (nSPS) is 22.0. The highest BCUT2D eigenvalue weighted by Gasteiger charge is 2.33. The number of likely N-dealkylation sites (N-methyl/N-ethyl adjacent to an activating group) is 1. The zero-order valence-corrected chi connectivity index (χ0v) is 24.4. The van der Waals surface area contributed by atoms with Crippen LogP contribution < -0.4 is 0 Å². The molecule has 9 heteroatoms. The number of hydrogen-bond donors (Lipinski definition) is 1. The molecule has 1 saturated heterocycles. The van der Waals surface area contributed by atoms with Crippen LogP contribution in [0.3, 0.4) is 0 Å². The van der Waals surface area contributed by atoms with Crippen molar-refractivity contribution < 1.29 is 28.2 Å². The van der Waals surface area contributed by atoms with E-state index in [9.17, 15) is 18.7 Å². The van der Waals surface area contributed by atoms with E-state index in [0.29, 0.717) is 50.5 Å². The number of rotatable bonds is 11. The predicted molar refractivity (Wildman–Crippen MR) is 152 cm³/mol. The number of carboxylic acid groups (broad SMARTS) is 1. The summed E-state index contributed by atoms with van der Waals surface area (Å²) in [6.45, 7) is 4.84. The number of morpholine rings is 1. The minimum Gasteiger partial charge on any atom is -0.480 e. The van der Waals surface area contributed by atoms with Gasteiger partial charge >= 0.3 is 12.6 Å². The molecule has 2 fully saturated rings. The van der Waals surface area contributed by atoms with Crippen LogP contribution in [0.4, 0.5) is 8.78 Å². The second kappa shape index (κ2) is 14.2. The van der Waals surface area contributed by atoms with E-state index >= 15 is 0 Å². The van der Waals surface area contributed by atoms with Gasteiger partial charge in [-0.1, -0.05) is 35.9 Å². The standard InChI is InChI=1S/C31H41ClF2N2O4/c1-20-7-10-23(32)19-26(20)27(36-15-17-39-18-16-36)13-14-35(3)29(30(37)38)25-6-4-5-21(2)28(25)22-8-11-24(12-9-22)40-31(33)34/h4-7,10,19,22,24,27,29,31H,8-9,11-18H2,1-3H3,(H,37,38)/t22?,24?,27-,29?/m0/s1. The van der Waals surface area contributed by atoms with Crippen LogP contribution in [0.15, 0.2) is 36.4 Å². The summed E-state index contributed by atoms with van der Waals surface area (Å²) in [6, 6.07) is 11.1. The quantitative estimate of drug-likeness (QED) is 0.318. The highest BCUT2D eigenvalue weighted by Crippen LogP contribution is 2.41. The van der Waals surface area contributed by atoms with Gasteiger partial charge in [-0.25, -0.2) is 0 Å². The fraction of sp³-hybridized carbons (Fsp3) is 0.581. The van der Waals surface area contributed by atoms with Gasteiger partial charge in [-0.05, 0) is 98.9 Å². The molecule has 1 unspecified atom stereocenters. The van der Waals surface area contributed by atoms with Crippen LogP contribution in [0.2, 0.25) is 5.02 Å². The summed E-state index contributed by atoms with van der Waals surface area (Å²) in [5.41, 5.74) is 5.18. The molecule has 0 aromatic heterocycles.